The van der Waals surface area contributed by atoms with Crippen molar-refractivity contribution in [2.75, 3.05) is 18.0 Å². The first-order valence-corrected chi connectivity index (χ1v) is 8.79. The zero-order valence-corrected chi connectivity index (χ0v) is 14.7. The third kappa shape index (κ3) is 3.49. The fraction of sp³-hybridized carbons (Fsp3) is 0.471. The summed E-state index contributed by atoms with van der Waals surface area (Å²) in [6.07, 6.45) is 2.28. The van der Waals surface area contributed by atoms with Crippen LogP contribution in [0.1, 0.15) is 37.9 Å². The summed E-state index contributed by atoms with van der Waals surface area (Å²) >= 11 is 3.64. The van der Waals surface area contributed by atoms with Crippen molar-refractivity contribution in [3.05, 3.63) is 41.6 Å². The number of nitrogens with zero attached hydrogens (tertiary/aromatic N) is 3. The van der Waals surface area contributed by atoms with Crippen LogP contribution in [-0.4, -0.2) is 22.9 Å². The summed E-state index contributed by atoms with van der Waals surface area (Å²) in [7, 11) is 0. The van der Waals surface area contributed by atoms with E-state index in [9.17, 15) is 0 Å². The average molecular weight is 350 g/mol. The Morgan fingerprint density at radius 1 is 1.10 bits per heavy atom. The highest BCUT2D eigenvalue weighted by atomic mass is 79.9. The van der Waals surface area contributed by atoms with E-state index in [0.29, 0.717) is 0 Å². The fourth-order valence-corrected chi connectivity index (χ4v) is 3.30. The van der Waals surface area contributed by atoms with E-state index >= 15 is 0 Å². The number of anilines is 1. The van der Waals surface area contributed by atoms with Gasteiger partial charge >= 0.3 is 0 Å². The van der Waals surface area contributed by atoms with Gasteiger partial charge in [0.25, 0.3) is 0 Å². The molecule has 0 amide bonds. The quantitative estimate of drug-likeness (QED) is 0.675. The summed E-state index contributed by atoms with van der Waals surface area (Å²) in [5, 5.41) is 5.62. The van der Waals surface area contributed by atoms with Gasteiger partial charge in [-0.2, -0.15) is 5.10 Å². The van der Waals surface area contributed by atoms with E-state index in [4.69, 9.17) is 5.10 Å². The first-order chi connectivity index (χ1) is 10.2. The van der Waals surface area contributed by atoms with E-state index in [1.807, 2.05) is 6.07 Å². The SMILES string of the molecule is CCCN(CCC)c1c(CBr)c(C)nn1-c1ccccc1. The molecule has 4 heteroatoms. The number of benzene rings is 1. The van der Waals surface area contributed by atoms with E-state index < -0.39 is 0 Å². The van der Waals surface area contributed by atoms with Gasteiger partial charge in [-0.3, -0.25) is 0 Å². The summed E-state index contributed by atoms with van der Waals surface area (Å²) in [5.74, 6) is 1.24. The molecule has 0 unspecified atom stereocenters. The topological polar surface area (TPSA) is 21.1 Å². The highest BCUT2D eigenvalue weighted by Crippen LogP contribution is 2.29. The molecule has 114 valence electrons. The molecule has 1 aromatic heterocycles. The lowest BCUT2D eigenvalue weighted by Gasteiger charge is -2.25. The molecule has 0 N–H and O–H groups in total. The van der Waals surface area contributed by atoms with E-state index in [1.54, 1.807) is 0 Å². The number of rotatable bonds is 7. The average Bonchev–Trinajstić information content (AvgIpc) is 2.84. The van der Waals surface area contributed by atoms with Crippen LogP contribution in [0.2, 0.25) is 0 Å². The van der Waals surface area contributed by atoms with Crippen LogP contribution in [0.4, 0.5) is 5.82 Å². The minimum Gasteiger partial charge on any atom is -0.356 e. The second kappa shape index (κ2) is 7.64. The molecule has 0 fully saturated rings. The van der Waals surface area contributed by atoms with Gasteiger partial charge in [-0.25, -0.2) is 4.68 Å². The first kappa shape index (κ1) is 16.1. The predicted octanol–water partition coefficient (Wildman–Crippen LogP) is 4.70. The van der Waals surface area contributed by atoms with E-state index in [-0.39, 0.29) is 0 Å². The number of hydrogen-bond acceptors (Lipinski definition) is 2. The molecule has 0 bridgehead atoms. The Kier molecular flexibility index (Phi) is 5.85. The molecule has 0 aliphatic carbocycles. The van der Waals surface area contributed by atoms with Crippen molar-refractivity contribution in [3.63, 3.8) is 0 Å². The van der Waals surface area contributed by atoms with Crippen LogP contribution in [0.5, 0.6) is 0 Å². The van der Waals surface area contributed by atoms with Gasteiger partial charge in [0.2, 0.25) is 0 Å². The van der Waals surface area contributed by atoms with Crippen LogP contribution < -0.4 is 4.90 Å². The zero-order chi connectivity index (χ0) is 15.2. The van der Waals surface area contributed by atoms with Gasteiger partial charge in [-0.15, -0.1) is 0 Å². The highest BCUT2D eigenvalue weighted by Gasteiger charge is 2.20. The van der Waals surface area contributed by atoms with E-state index in [1.165, 1.54) is 11.4 Å². The lowest BCUT2D eigenvalue weighted by molar-refractivity contribution is 0.708. The monoisotopic (exact) mass is 349 g/mol. The van der Waals surface area contributed by atoms with Crippen molar-refractivity contribution in [1.29, 1.82) is 0 Å². The standard InChI is InChI=1S/C17H24BrN3/c1-4-11-20(12-5-2)17-16(13-18)14(3)19-21(17)15-9-7-6-8-10-15/h6-10H,4-5,11-13H2,1-3H3. The van der Waals surface area contributed by atoms with Crippen LogP contribution in [-0.2, 0) is 5.33 Å². The van der Waals surface area contributed by atoms with Crippen molar-refractivity contribution in [3.8, 4) is 5.69 Å². The number of para-hydroxylation sites is 1. The van der Waals surface area contributed by atoms with Crippen LogP contribution in [0.3, 0.4) is 0 Å². The Hall–Kier alpha value is -1.29. The lowest BCUT2D eigenvalue weighted by atomic mass is 10.2. The van der Waals surface area contributed by atoms with Crippen molar-refractivity contribution in [2.45, 2.75) is 38.9 Å². The van der Waals surface area contributed by atoms with Gasteiger partial charge in [-0.05, 0) is 31.9 Å². The zero-order valence-electron chi connectivity index (χ0n) is 13.1. The van der Waals surface area contributed by atoms with Crippen LogP contribution in [0.15, 0.2) is 30.3 Å². The molecular formula is C17H24BrN3. The Morgan fingerprint density at radius 2 is 1.71 bits per heavy atom. The minimum atomic E-state index is 0.838. The number of aromatic nitrogens is 2. The molecule has 0 saturated carbocycles. The maximum Gasteiger partial charge on any atom is 0.136 e. The van der Waals surface area contributed by atoms with Crippen LogP contribution in [0.25, 0.3) is 5.69 Å². The van der Waals surface area contributed by atoms with Gasteiger partial charge in [0.05, 0.1) is 11.4 Å². The maximum absolute atomic E-state index is 4.78. The number of hydrogen-bond donors (Lipinski definition) is 0. The number of alkyl halides is 1. The third-order valence-corrected chi connectivity index (χ3v) is 4.14. The molecule has 2 rings (SSSR count). The minimum absolute atomic E-state index is 0.838. The molecule has 0 aliphatic rings. The van der Waals surface area contributed by atoms with Crippen molar-refractivity contribution >= 4 is 21.7 Å². The molecule has 0 atom stereocenters. The van der Waals surface area contributed by atoms with Crippen molar-refractivity contribution in [2.24, 2.45) is 0 Å². The Balaban J connectivity index is 2.55. The molecular weight excluding hydrogens is 326 g/mol. The molecule has 0 aliphatic heterocycles. The second-order valence-corrected chi connectivity index (χ2v) is 5.82. The summed E-state index contributed by atoms with van der Waals surface area (Å²) in [4.78, 5) is 2.46. The molecule has 1 heterocycles. The van der Waals surface area contributed by atoms with Gasteiger partial charge < -0.3 is 4.90 Å². The van der Waals surface area contributed by atoms with Crippen LogP contribution >= 0.6 is 15.9 Å². The smallest absolute Gasteiger partial charge is 0.136 e. The van der Waals surface area contributed by atoms with Crippen molar-refractivity contribution in [1.82, 2.24) is 9.78 Å². The number of halogens is 1. The van der Waals surface area contributed by atoms with Gasteiger partial charge in [0.1, 0.15) is 5.82 Å². The Morgan fingerprint density at radius 3 is 2.24 bits per heavy atom. The van der Waals surface area contributed by atoms with Gasteiger partial charge in [-0.1, -0.05) is 48.0 Å². The van der Waals surface area contributed by atoms with Gasteiger partial charge in [0.15, 0.2) is 0 Å². The van der Waals surface area contributed by atoms with E-state index in [0.717, 1.165) is 42.6 Å². The summed E-state index contributed by atoms with van der Waals surface area (Å²) in [6, 6.07) is 10.4. The number of aryl methyl sites for hydroxylation is 1. The molecule has 1 aromatic carbocycles. The molecule has 0 saturated heterocycles. The molecule has 0 radical (unpaired) electrons. The van der Waals surface area contributed by atoms with Crippen LogP contribution in [0, 0.1) is 6.92 Å². The normalized spacial score (nSPS) is 10.9. The predicted molar refractivity (Wildman–Crippen MR) is 93.7 cm³/mol. The fourth-order valence-electron chi connectivity index (χ4n) is 2.64. The summed E-state index contributed by atoms with van der Waals surface area (Å²) in [5.41, 5.74) is 3.52. The molecule has 21 heavy (non-hydrogen) atoms. The highest BCUT2D eigenvalue weighted by molar-refractivity contribution is 9.08. The van der Waals surface area contributed by atoms with Gasteiger partial charge in [0, 0.05) is 24.0 Å². The Labute approximate surface area is 136 Å². The maximum atomic E-state index is 4.78. The summed E-state index contributed by atoms with van der Waals surface area (Å²) in [6.45, 7) is 8.67. The first-order valence-electron chi connectivity index (χ1n) is 7.67. The lowest BCUT2D eigenvalue weighted by Crippen LogP contribution is -2.28. The molecule has 0 spiro atoms. The molecule has 2 aromatic rings. The van der Waals surface area contributed by atoms with Crippen molar-refractivity contribution < 1.29 is 0 Å². The van der Waals surface area contributed by atoms with E-state index in [2.05, 4.69) is 70.5 Å². The Bertz CT molecular complexity index is 557. The molecule has 3 nitrogen and oxygen atoms in total. The third-order valence-electron chi connectivity index (χ3n) is 3.58. The second-order valence-electron chi connectivity index (χ2n) is 5.26. The largest absolute Gasteiger partial charge is 0.356 e. The summed E-state index contributed by atoms with van der Waals surface area (Å²) < 4.78 is 2.09.